The first-order valence-electron chi connectivity index (χ1n) is 8.28. The Morgan fingerprint density at radius 2 is 1.93 bits per heavy atom. The Kier molecular flexibility index (Phi) is 7.00. The lowest BCUT2D eigenvalue weighted by molar-refractivity contribution is -0.385. The van der Waals surface area contributed by atoms with E-state index in [9.17, 15) is 31.7 Å². The molecule has 1 aliphatic rings. The van der Waals surface area contributed by atoms with Crippen LogP contribution in [0.1, 0.15) is 19.3 Å². The van der Waals surface area contributed by atoms with Gasteiger partial charge < -0.3 is 10.1 Å². The summed E-state index contributed by atoms with van der Waals surface area (Å²) in [5.41, 5.74) is -0.185. The Morgan fingerprint density at radius 1 is 1.26 bits per heavy atom. The lowest BCUT2D eigenvalue weighted by Gasteiger charge is -2.18. The molecule has 0 aromatic heterocycles. The van der Waals surface area contributed by atoms with Gasteiger partial charge in [0.05, 0.1) is 10.6 Å². The number of nitro benzene ring substituents is 1. The number of non-ortho nitro benzene ring substituents is 1. The predicted molar refractivity (Wildman–Crippen MR) is 91.1 cm³/mol. The van der Waals surface area contributed by atoms with Gasteiger partial charge >= 0.3 is 6.18 Å². The van der Waals surface area contributed by atoms with Crippen LogP contribution in [0.2, 0.25) is 0 Å². The maximum atomic E-state index is 12.8. The number of rotatable bonds is 9. The van der Waals surface area contributed by atoms with Crippen LogP contribution >= 0.6 is 0 Å². The molecule has 152 valence electrons. The zero-order valence-electron chi connectivity index (χ0n) is 14.4. The molecule has 12 heteroatoms. The number of halogens is 3. The van der Waals surface area contributed by atoms with E-state index < -0.39 is 27.7 Å². The van der Waals surface area contributed by atoms with Gasteiger partial charge in [-0.25, -0.2) is 8.42 Å². The molecule has 1 fully saturated rings. The number of nitrogens with zero attached hydrogens (tertiary/aromatic N) is 2. The number of anilines is 1. The van der Waals surface area contributed by atoms with Gasteiger partial charge in [-0.05, 0) is 25.3 Å². The molecule has 0 spiro atoms. The summed E-state index contributed by atoms with van der Waals surface area (Å²) in [6, 6.07) is 3.46. The van der Waals surface area contributed by atoms with Crippen molar-refractivity contribution in [2.75, 3.05) is 38.2 Å². The van der Waals surface area contributed by atoms with Gasteiger partial charge in [0.25, 0.3) is 5.69 Å². The van der Waals surface area contributed by atoms with E-state index in [0.29, 0.717) is 25.9 Å². The molecule has 8 nitrogen and oxygen atoms in total. The third-order valence-corrected chi connectivity index (χ3v) is 5.84. The first-order valence-corrected chi connectivity index (χ1v) is 9.72. The van der Waals surface area contributed by atoms with Crippen LogP contribution < -0.4 is 5.32 Å². The summed E-state index contributed by atoms with van der Waals surface area (Å²) in [5, 5.41) is 13.8. The number of ether oxygens (including phenoxy) is 1. The first-order chi connectivity index (χ1) is 12.6. The smallest absolute Gasteiger partial charge is 0.384 e. The molecule has 27 heavy (non-hydrogen) atoms. The summed E-state index contributed by atoms with van der Waals surface area (Å²) in [6.45, 7) is -0.670. The van der Waals surface area contributed by atoms with E-state index in [1.54, 1.807) is 0 Å². The Hall–Kier alpha value is -1.92. The Bertz CT molecular complexity index is 764. The quantitative estimate of drug-likeness (QED) is 0.381. The molecule has 1 heterocycles. The summed E-state index contributed by atoms with van der Waals surface area (Å²) in [7, 11) is -3.91. The van der Waals surface area contributed by atoms with E-state index in [-0.39, 0.29) is 35.8 Å². The fraction of sp³-hybridized carbons (Fsp3) is 0.600. The zero-order chi connectivity index (χ0) is 20.1. The molecular formula is C15H20F3N3O5S. The highest BCUT2D eigenvalue weighted by atomic mass is 32.2. The van der Waals surface area contributed by atoms with E-state index in [2.05, 4.69) is 10.1 Å². The zero-order valence-corrected chi connectivity index (χ0v) is 15.2. The minimum Gasteiger partial charge on any atom is -0.384 e. The van der Waals surface area contributed by atoms with Crippen LogP contribution in [0.5, 0.6) is 0 Å². The van der Waals surface area contributed by atoms with Gasteiger partial charge in [-0.3, -0.25) is 10.1 Å². The third-order valence-electron chi connectivity index (χ3n) is 3.91. The molecule has 1 aromatic carbocycles. The van der Waals surface area contributed by atoms with Gasteiger partial charge in [-0.1, -0.05) is 0 Å². The highest BCUT2D eigenvalue weighted by Crippen LogP contribution is 2.30. The Balaban J connectivity index is 2.08. The first kappa shape index (κ1) is 21.4. The van der Waals surface area contributed by atoms with E-state index in [1.165, 1.54) is 16.4 Å². The minimum absolute atomic E-state index is 0.151. The van der Waals surface area contributed by atoms with Crippen LogP contribution in [0.25, 0.3) is 0 Å². The number of alkyl halides is 3. The minimum atomic E-state index is -4.40. The number of benzene rings is 1. The molecule has 1 aliphatic heterocycles. The maximum absolute atomic E-state index is 12.8. The van der Waals surface area contributed by atoms with Crippen molar-refractivity contribution in [3.63, 3.8) is 0 Å². The normalized spacial score (nSPS) is 15.8. The molecule has 0 saturated carbocycles. The SMILES string of the molecule is O=[N+]([O-])c1ccc(NCCCOCC(F)(F)F)c(S(=O)(=O)N2CCCC2)c1. The summed E-state index contributed by atoms with van der Waals surface area (Å²) in [5.74, 6) is 0. The monoisotopic (exact) mass is 411 g/mol. The molecular weight excluding hydrogens is 391 g/mol. The second kappa shape index (κ2) is 8.85. The Morgan fingerprint density at radius 3 is 2.52 bits per heavy atom. The van der Waals surface area contributed by atoms with E-state index in [1.807, 2.05) is 0 Å². The van der Waals surface area contributed by atoms with Crippen LogP contribution in [0.3, 0.4) is 0 Å². The fourth-order valence-corrected chi connectivity index (χ4v) is 4.34. The lowest BCUT2D eigenvalue weighted by atomic mass is 10.2. The summed E-state index contributed by atoms with van der Waals surface area (Å²) in [6.07, 6.45) is -2.76. The van der Waals surface area contributed by atoms with E-state index in [0.717, 1.165) is 6.07 Å². The van der Waals surface area contributed by atoms with Gasteiger partial charge in [0, 0.05) is 38.4 Å². The van der Waals surface area contributed by atoms with Crippen LogP contribution in [0.15, 0.2) is 23.1 Å². The summed E-state index contributed by atoms with van der Waals surface area (Å²) in [4.78, 5) is 10.1. The second-order valence-electron chi connectivity index (χ2n) is 6.00. The van der Waals surface area contributed by atoms with Gasteiger partial charge in [-0.15, -0.1) is 0 Å². The van der Waals surface area contributed by atoms with Crippen molar-refractivity contribution in [1.82, 2.24) is 4.31 Å². The fourth-order valence-electron chi connectivity index (χ4n) is 2.64. The molecule has 0 bridgehead atoms. The largest absolute Gasteiger partial charge is 0.411 e. The molecule has 0 amide bonds. The molecule has 0 aliphatic carbocycles. The molecule has 0 radical (unpaired) electrons. The summed E-state index contributed by atoms with van der Waals surface area (Å²) >= 11 is 0. The molecule has 1 saturated heterocycles. The van der Waals surface area contributed by atoms with Crippen LogP contribution in [0, 0.1) is 10.1 Å². The summed E-state index contributed by atoms with van der Waals surface area (Å²) < 4.78 is 67.3. The van der Waals surface area contributed by atoms with E-state index in [4.69, 9.17) is 0 Å². The van der Waals surface area contributed by atoms with Crippen molar-refractivity contribution in [3.05, 3.63) is 28.3 Å². The number of nitro groups is 1. The predicted octanol–water partition coefficient (Wildman–Crippen LogP) is 2.76. The third kappa shape index (κ3) is 6.04. The molecule has 0 atom stereocenters. The van der Waals surface area contributed by atoms with E-state index >= 15 is 0 Å². The average Bonchev–Trinajstić information content (AvgIpc) is 3.12. The standard InChI is InChI=1S/C15H20F3N3O5S/c16-15(17,18)11-26-9-3-6-19-13-5-4-12(21(22)23)10-14(13)27(24,25)20-7-1-2-8-20/h4-5,10,19H,1-3,6-9,11H2. The van der Waals surface area contributed by atoms with Crippen LogP contribution in [-0.2, 0) is 14.8 Å². The van der Waals surface area contributed by atoms with Gasteiger partial charge in [0.1, 0.15) is 11.5 Å². The highest BCUT2D eigenvalue weighted by molar-refractivity contribution is 7.89. The number of nitrogens with one attached hydrogen (secondary N) is 1. The lowest BCUT2D eigenvalue weighted by Crippen LogP contribution is -2.28. The number of hydrogen-bond donors (Lipinski definition) is 1. The topological polar surface area (TPSA) is 102 Å². The number of sulfonamides is 1. The highest BCUT2D eigenvalue weighted by Gasteiger charge is 2.31. The van der Waals surface area contributed by atoms with Crippen molar-refractivity contribution >= 4 is 21.4 Å². The van der Waals surface area contributed by atoms with Gasteiger partial charge in [0.15, 0.2) is 0 Å². The van der Waals surface area contributed by atoms with Crippen molar-refractivity contribution in [1.29, 1.82) is 0 Å². The second-order valence-corrected chi connectivity index (χ2v) is 7.90. The number of hydrogen-bond acceptors (Lipinski definition) is 6. The maximum Gasteiger partial charge on any atom is 0.411 e. The van der Waals surface area contributed by atoms with Crippen LogP contribution in [-0.4, -0.2) is 56.7 Å². The van der Waals surface area contributed by atoms with Crippen molar-refractivity contribution in [3.8, 4) is 0 Å². The average molecular weight is 411 g/mol. The molecule has 2 rings (SSSR count). The van der Waals surface area contributed by atoms with Crippen molar-refractivity contribution in [2.24, 2.45) is 0 Å². The molecule has 1 N–H and O–H groups in total. The Labute approximate surface area is 154 Å². The van der Waals surface area contributed by atoms with Crippen LogP contribution in [0.4, 0.5) is 24.5 Å². The van der Waals surface area contributed by atoms with Gasteiger partial charge in [-0.2, -0.15) is 17.5 Å². The molecule has 1 aromatic rings. The van der Waals surface area contributed by atoms with Gasteiger partial charge in [0.2, 0.25) is 10.0 Å². The van der Waals surface area contributed by atoms with Crippen molar-refractivity contribution < 1.29 is 31.2 Å². The van der Waals surface area contributed by atoms with Crippen molar-refractivity contribution in [2.45, 2.75) is 30.3 Å². The molecule has 0 unspecified atom stereocenters.